The molecule has 3 amide bonds. The molecule has 2 atom stereocenters. The van der Waals surface area contributed by atoms with Gasteiger partial charge >= 0.3 is 7.60 Å². The Kier molecular flexibility index (Phi) is 10.7. The van der Waals surface area contributed by atoms with Crippen molar-refractivity contribution in [1.29, 1.82) is 0 Å². The molecule has 0 spiro atoms. The van der Waals surface area contributed by atoms with Crippen molar-refractivity contribution in [3.63, 3.8) is 0 Å². The molecule has 1 heterocycles. The molecule has 0 fully saturated rings. The first-order chi connectivity index (χ1) is 17.0. The summed E-state index contributed by atoms with van der Waals surface area (Å²) in [6.45, 7) is 3.53. The number of phenolic OH excluding ortho intramolecular Hbond substituents is 1. The zero-order valence-electron chi connectivity index (χ0n) is 20.1. The minimum Gasteiger partial charge on any atom is -0.508 e. The highest BCUT2D eigenvalue weighted by Crippen LogP contribution is 2.36. The van der Waals surface area contributed by atoms with Crippen LogP contribution in [-0.2, 0) is 14.2 Å². The number of nitrogens with one attached hydrogen (secondary N) is 2. The molecular formula is C23H32N3O9P. The van der Waals surface area contributed by atoms with Gasteiger partial charge in [-0.25, -0.2) is 5.06 Å². The number of aromatic hydroxyl groups is 1. The van der Waals surface area contributed by atoms with E-state index in [1.807, 2.05) is 6.92 Å². The lowest BCUT2D eigenvalue weighted by Crippen LogP contribution is -2.47. The molecule has 2 rings (SSSR count). The van der Waals surface area contributed by atoms with E-state index in [0.717, 1.165) is 31.4 Å². The van der Waals surface area contributed by atoms with Crippen molar-refractivity contribution in [1.82, 2.24) is 15.7 Å². The quantitative estimate of drug-likeness (QED) is 0.0535. The summed E-state index contributed by atoms with van der Waals surface area (Å²) in [5, 5.41) is 24.8. The molecule has 198 valence electrons. The zero-order valence-corrected chi connectivity index (χ0v) is 21.0. The van der Waals surface area contributed by atoms with E-state index in [0.29, 0.717) is 17.9 Å². The fourth-order valence-corrected chi connectivity index (χ4v) is 4.40. The molecule has 1 aromatic heterocycles. The van der Waals surface area contributed by atoms with Crippen molar-refractivity contribution < 1.29 is 43.5 Å². The lowest BCUT2D eigenvalue weighted by molar-refractivity contribution is -0.168. The Morgan fingerprint density at radius 3 is 2.47 bits per heavy atom. The van der Waals surface area contributed by atoms with Gasteiger partial charge in [0.05, 0.1) is 23.9 Å². The molecule has 13 heteroatoms. The monoisotopic (exact) mass is 525 g/mol. The summed E-state index contributed by atoms with van der Waals surface area (Å²) in [6.07, 6.45) is 3.64. The van der Waals surface area contributed by atoms with Gasteiger partial charge < -0.3 is 29.9 Å². The summed E-state index contributed by atoms with van der Waals surface area (Å²) in [4.78, 5) is 55.0. The molecule has 36 heavy (non-hydrogen) atoms. The molecule has 1 unspecified atom stereocenters. The van der Waals surface area contributed by atoms with Crippen LogP contribution in [0.2, 0.25) is 0 Å². The van der Waals surface area contributed by atoms with Crippen molar-refractivity contribution in [2.45, 2.75) is 52.0 Å². The number of unbranched alkanes of at least 4 members (excludes halogenated alkanes) is 2. The summed E-state index contributed by atoms with van der Waals surface area (Å²) < 4.78 is 17.0. The normalized spacial score (nSPS) is 13.0. The molecular weight excluding hydrogens is 493 g/mol. The first-order valence-electron chi connectivity index (χ1n) is 11.5. The maximum atomic E-state index is 12.8. The Morgan fingerprint density at radius 1 is 1.14 bits per heavy atom. The van der Waals surface area contributed by atoms with Crippen LogP contribution in [0.3, 0.4) is 0 Å². The van der Waals surface area contributed by atoms with Gasteiger partial charge in [-0.3, -0.25) is 24.2 Å². The highest BCUT2D eigenvalue weighted by atomic mass is 31.2. The summed E-state index contributed by atoms with van der Waals surface area (Å²) in [5.74, 6) is -2.18. The van der Waals surface area contributed by atoms with Gasteiger partial charge in [-0.15, -0.1) is 0 Å². The predicted molar refractivity (Wildman–Crippen MR) is 129 cm³/mol. The second kappa shape index (κ2) is 13.2. The number of hydroxylamine groups is 2. The molecule has 12 nitrogen and oxygen atoms in total. The summed E-state index contributed by atoms with van der Waals surface area (Å²) >= 11 is 0. The van der Waals surface area contributed by atoms with Crippen LogP contribution in [0, 0.1) is 5.92 Å². The van der Waals surface area contributed by atoms with E-state index < -0.39 is 36.7 Å². The molecule has 0 aliphatic rings. The fraction of sp³-hybridized carbons (Fsp3) is 0.435. The van der Waals surface area contributed by atoms with Crippen LogP contribution in [0.15, 0.2) is 34.7 Å². The minimum atomic E-state index is -4.62. The van der Waals surface area contributed by atoms with E-state index in [9.17, 15) is 39.0 Å². The molecule has 1 aromatic carbocycles. The lowest BCUT2D eigenvalue weighted by Gasteiger charge is -2.29. The van der Waals surface area contributed by atoms with E-state index in [1.54, 1.807) is 6.92 Å². The van der Waals surface area contributed by atoms with Gasteiger partial charge in [0.2, 0.25) is 12.3 Å². The number of furan rings is 1. The first-order valence-corrected chi connectivity index (χ1v) is 13.1. The van der Waals surface area contributed by atoms with Crippen LogP contribution >= 0.6 is 7.60 Å². The average molecular weight is 525 g/mol. The number of hydrogen-bond donors (Lipinski definition) is 6. The van der Waals surface area contributed by atoms with Crippen LogP contribution in [0.1, 0.15) is 56.5 Å². The van der Waals surface area contributed by atoms with Crippen LogP contribution in [-0.4, -0.2) is 56.1 Å². The number of carbonyl (C=O) groups excluding carboxylic acids is 3. The van der Waals surface area contributed by atoms with Crippen LogP contribution in [0.25, 0.3) is 11.3 Å². The van der Waals surface area contributed by atoms with Gasteiger partial charge in [0.25, 0.3) is 5.91 Å². The van der Waals surface area contributed by atoms with Crippen molar-refractivity contribution in [3.8, 4) is 17.1 Å². The number of hydrogen-bond acceptors (Lipinski definition) is 7. The minimum absolute atomic E-state index is 0.0912. The molecule has 0 aliphatic carbocycles. The molecule has 0 bridgehead atoms. The van der Waals surface area contributed by atoms with Crippen LogP contribution in [0.4, 0.5) is 0 Å². The van der Waals surface area contributed by atoms with Gasteiger partial charge in [0.15, 0.2) is 5.76 Å². The highest BCUT2D eigenvalue weighted by Gasteiger charge is 2.30. The number of carbonyl (C=O) groups is 3. The zero-order chi connectivity index (χ0) is 26.9. The number of rotatable bonds is 14. The van der Waals surface area contributed by atoms with Crippen molar-refractivity contribution >= 4 is 31.1 Å². The summed E-state index contributed by atoms with van der Waals surface area (Å²) in [6, 6.07) is 5.34. The molecule has 0 saturated heterocycles. The van der Waals surface area contributed by atoms with Crippen LogP contribution < -0.4 is 15.9 Å². The maximum Gasteiger partial charge on any atom is 0.356 e. The summed E-state index contributed by atoms with van der Waals surface area (Å²) in [5.41, 5.74) is 0.157. The lowest BCUT2D eigenvalue weighted by atomic mass is 9.90. The van der Waals surface area contributed by atoms with Gasteiger partial charge in [-0.05, 0) is 43.2 Å². The Balaban J connectivity index is 2.04. The number of nitrogens with zero attached hydrogens (tertiary/aromatic N) is 1. The van der Waals surface area contributed by atoms with Gasteiger partial charge in [0, 0.05) is 5.56 Å². The maximum absolute atomic E-state index is 12.8. The Hall–Kier alpha value is -3.18. The number of amides is 3. The van der Waals surface area contributed by atoms with Gasteiger partial charge in [-0.2, -0.15) is 0 Å². The second-order valence-corrected chi connectivity index (χ2v) is 9.84. The highest BCUT2D eigenvalue weighted by molar-refractivity contribution is 7.60. The van der Waals surface area contributed by atoms with Gasteiger partial charge in [-0.1, -0.05) is 33.1 Å². The first kappa shape index (κ1) is 29.1. The Morgan fingerprint density at radius 2 is 1.86 bits per heavy atom. The van der Waals surface area contributed by atoms with E-state index in [4.69, 9.17) is 4.42 Å². The third-order valence-electron chi connectivity index (χ3n) is 5.65. The topological polar surface area (TPSA) is 190 Å². The van der Waals surface area contributed by atoms with Crippen molar-refractivity contribution in [2.75, 3.05) is 6.67 Å². The van der Waals surface area contributed by atoms with E-state index in [1.165, 1.54) is 18.2 Å². The molecule has 0 saturated carbocycles. The number of phenols is 1. The Labute approximate surface area is 208 Å². The Bertz CT molecular complexity index is 1100. The van der Waals surface area contributed by atoms with E-state index in [2.05, 4.69) is 10.6 Å². The van der Waals surface area contributed by atoms with Crippen molar-refractivity contribution in [3.05, 3.63) is 36.1 Å². The second-order valence-electron chi connectivity index (χ2n) is 8.23. The average Bonchev–Trinajstić information content (AvgIpc) is 3.33. The van der Waals surface area contributed by atoms with Gasteiger partial charge in [0.1, 0.15) is 11.5 Å². The SMILES string of the molecule is CCCCCC(C(=O)NCNC(=O)c1ccc(-c2cc(O)cc(P(=O)(O)O)c2)o1)[C@@H](CC)N(O)C=O. The van der Waals surface area contributed by atoms with Crippen molar-refractivity contribution in [2.24, 2.45) is 5.92 Å². The third kappa shape index (κ3) is 7.92. The predicted octanol–water partition coefficient (Wildman–Crippen LogP) is 2.08. The van der Waals surface area contributed by atoms with E-state index >= 15 is 0 Å². The van der Waals surface area contributed by atoms with E-state index in [-0.39, 0.29) is 35.9 Å². The number of benzene rings is 1. The van der Waals surface area contributed by atoms with Crippen LogP contribution in [0.5, 0.6) is 5.75 Å². The molecule has 0 aliphatic heterocycles. The summed E-state index contributed by atoms with van der Waals surface area (Å²) in [7, 11) is -4.62. The molecule has 6 N–H and O–H groups in total. The standard InChI is InChI=1S/C23H32N3O9P/c1-3-5-6-7-18(19(4-2)26(31)14-27)22(29)24-13-25-23(30)21-9-8-20(35-21)15-10-16(28)12-17(11-15)36(32,33)34/h8-12,14,18-19,28,31H,3-7,13H2,1-2H3,(H,24,29)(H,25,30)(H2,32,33,34)/t18?,19-/m1/s1. The molecule has 0 radical (unpaired) electrons. The largest absolute Gasteiger partial charge is 0.508 e. The third-order valence-corrected chi connectivity index (χ3v) is 6.58. The fourth-order valence-electron chi connectivity index (χ4n) is 3.80. The molecule has 2 aromatic rings. The smallest absolute Gasteiger partial charge is 0.356 e.